The van der Waals surface area contributed by atoms with Gasteiger partial charge < -0.3 is 25.2 Å². The molecule has 3 atom stereocenters. The minimum absolute atomic E-state index is 0.0740. The zero-order chi connectivity index (χ0) is 25.4. The summed E-state index contributed by atoms with van der Waals surface area (Å²) < 4.78 is 6.98. The molecule has 1 fully saturated rings. The van der Waals surface area contributed by atoms with Gasteiger partial charge in [0.1, 0.15) is 18.0 Å². The SMILES string of the molecule is CCC(=O)C(=O)N(CC1CCCCC1)C1CC(C(=O)NCCO)=CC(Oc2ccccc2I)C1O. The van der Waals surface area contributed by atoms with Crippen LogP contribution >= 0.6 is 22.6 Å². The molecule has 0 spiro atoms. The first kappa shape index (κ1) is 27.6. The highest BCUT2D eigenvalue weighted by Crippen LogP contribution is 2.32. The number of carbonyl (C=O) groups excluding carboxylic acids is 3. The van der Waals surface area contributed by atoms with Gasteiger partial charge in [0.2, 0.25) is 11.7 Å². The fourth-order valence-electron chi connectivity index (χ4n) is 4.79. The van der Waals surface area contributed by atoms with Crippen molar-refractivity contribution < 1.29 is 29.3 Å². The summed E-state index contributed by atoms with van der Waals surface area (Å²) in [4.78, 5) is 40.1. The Bertz CT molecular complexity index is 930. The van der Waals surface area contributed by atoms with Gasteiger partial charge >= 0.3 is 0 Å². The van der Waals surface area contributed by atoms with Crippen LogP contribution in [0.1, 0.15) is 51.9 Å². The Hall–Kier alpha value is -1.98. The van der Waals surface area contributed by atoms with Crippen molar-refractivity contribution in [1.82, 2.24) is 10.2 Å². The Morgan fingerprint density at radius 1 is 1.17 bits per heavy atom. The number of hydrogen-bond acceptors (Lipinski definition) is 6. The second-order valence-electron chi connectivity index (χ2n) is 9.18. The van der Waals surface area contributed by atoms with Gasteiger partial charge in [-0.1, -0.05) is 38.3 Å². The maximum atomic E-state index is 13.2. The summed E-state index contributed by atoms with van der Waals surface area (Å²) in [6, 6.07) is 6.57. The third-order valence-corrected chi connectivity index (χ3v) is 7.61. The van der Waals surface area contributed by atoms with E-state index in [1.165, 1.54) is 4.90 Å². The molecule has 0 radical (unpaired) electrons. The number of amides is 2. The van der Waals surface area contributed by atoms with Gasteiger partial charge in [0, 0.05) is 31.5 Å². The Morgan fingerprint density at radius 3 is 2.54 bits per heavy atom. The van der Waals surface area contributed by atoms with E-state index in [0.29, 0.717) is 17.9 Å². The lowest BCUT2D eigenvalue weighted by molar-refractivity contribution is -0.150. The van der Waals surface area contributed by atoms with Gasteiger partial charge in [-0.25, -0.2) is 0 Å². The second kappa shape index (κ2) is 13.4. The van der Waals surface area contributed by atoms with Gasteiger partial charge in [-0.2, -0.15) is 0 Å². The number of benzene rings is 1. The van der Waals surface area contributed by atoms with Crippen molar-refractivity contribution in [2.24, 2.45) is 5.92 Å². The number of hydrogen-bond donors (Lipinski definition) is 3. The number of nitrogens with one attached hydrogen (secondary N) is 1. The van der Waals surface area contributed by atoms with Crippen LogP contribution in [0, 0.1) is 9.49 Å². The molecule has 0 heterocycles. The minimum Gasteiger partial charge on any atom is -0.482 e. The predicted octanol–water partition coefficient (Wildman–Crippen LogP) is 2.59. The van der Waals surface area contributed by atoms with E-state index in [4.69, 9.17) is 9.84 Å². The molecule has 3 unspecified atom stereocenters. The van der Waals surface area contributed by atoms with Crippen molar-refractivity contribution in [2.45, 2.75) is 70.1 Å². The molecule has 0 bridgehead atoms. The van der Waals surface area contributed by atoms with E-state index >= 15 is 0 Å². The second-order valence-corrected chi connectivity index (χ2v) is 10.3. The van der Waals surface area contributed by atoms with Crippen molar-refractivity contribution in [3.63, 3.8) is 0 Å². The first-order valence-corrected chi connectivity index (χ1v) is 13.5. The summed E-state index contributed by atoms with van der Waals surface area (Å²) in [5, 5.41) is 23.2. The molecule has 35 heavy (non-hydrogen) atoms. The Kier molecular flexibility index (Phi) is 10.5. The van der Waals surface area contributed by atoms with E-state index in [1.54, 1.807) is 19.1 Å². The van der Waals surface area contributed by atoms with Crippen molar-refractivity contribution in [3.05, 3.63) is 39.5 Å². The zero-order valence-corrected chi connectivity index (χ0v) is 22.3. The molecule has 2 aliphatic carbocycles. The molecule has 2 aliphatic rings. The largest absolute Gasteiger partial charge is 0.482 e. The molecule has 0 aromatic heterocycles. The Labute approximate surface area is 220 Å². The molecule has 1 aromatic rings. The molecular weight excluding hydrogens is 563 g/mol. The fourth-order valence-corrected chi connectivity index (χ4v) is 5.31. The maximum Gasteiger partial charge on any atom is 0.290 e. The number of rotatable bonds is 10. The van der Waals surface area contributed by atoms with Crippen molar-refractivity contribution >= 4 is 40.2 Å². The van der Waals surface area contributed by atoms with E-state index in [2.05, 4.69) is 27.9 Å². The van der Waals surface area contributed by atoms with Crippen LogP contribution in [-0.2, 0) is 14.4 Å². The summed E-state index contributed by atoms with van der Waals surface area (Å²) in [7, 11) is 0. The van der Waals surface area contributed by atoms with Crippen molar-refractivity contribution in [3.8, 4) is 5.75 Å². The molecule has 0 saturated heterocycles. The van der Waals surface area contributed by atoms with Crippen LogP contribution in [0.3, 0.4) is 0 Å². The number of halogens is 1. The number of nitrogens with zero attached hydrogens (tertiary/aromatic N) is 1. The van der Waals surface area contributed by atoms with Crippen LogP contribution in [0.5, 0.6) is 5.75 Å². The van der Waals surface area contributed by atoms with Crippen LogP contribution in [0.15, 0.2) is 35.9 Å². The number of para-hydroxylation sites is 1. The first-order chi connectivity index (χ1) is 16.8. The van der Waals surface area contributed by atoms with E-state index in [0.717, 1.165) is 35.7 Å². The molecule has 192 valence electrons. The lowest BCUT2D eigenvalue weighted by Crippen LogP contribution is -2.57. The van der Waals surface area contributed by atoms with E-state index < -0.39 is 29.9 Å². The summed E-state index contributed by atoms with van der Waals surface area (Å²) in [5.41, 5.74) is 0.357. The van der Waals surface area contributed by atoms with Gasteiger partial charge in [-0.05, 0) is 59.6 Å². The monoisotopic (exact) mass is 598 g/mol. The van der Waals surface area contributed by atoms with Gasteiger partial charge in [-0.3, -0.25) is 14.4 Å². The van der Waals surface area contributed by atoms with Crippen LogP contribution in [0.2, 0.25) is 0 Å². The smallest absolute Gasteiger partial charge is 0.290 e. The number of ether oxygens (including phenoxy) is 1. The van der Waals surface area contributed by atoms with Gasteiger partial charge in [0.15, 0.2) is 0 Å². The summed E-state index contributed by atoms with van der Waals surface area (Å²) >= 11 is 2.14. The predicted molar refractivity (Wildman–Crippen MR) is 140 cm³/mol. The molecule has 2 amide bonds. The average molecular weight is 598 g/mol. The summed E-state index contributed by atoms with van der Waals surface area (Å²) in [6.07, 6.45) is 4.99. The van der Waals surface area contributed by atoms with Gasteiger partial charge in [0.25, 0.3) is 5.91 Å². The van der Waals surface area contributed by atoms with Crippen molar-refractivity contribution in [1.29, 1.82) is 0 Å². The summed E-state index contributed by atoms with van der Waals surface area (Å²) in [5.74, 6) is -0.717. The third kappa shape index (κ3) is 7.27. The topological polar surface area (TPSA) is 116 Å². The van der Waals surface area contributed by atoms with E-state index in [1.807, 2.05) is 18.2 Å². The lowest BCUT2D eigenvalue weighted by Gasteiger charge is -2.42. The van der Waals surface area contributed by atoms with Crippen LogP contribution in [-0.4, -0.2) is 70.7 Å². The minimum atomic E-state index is -1.13. The molecular formula is C26H35IN2O6. The first-order valence-electron chi connectivity index (χ1n) is 12.4. The number of carbonyl (C=O) groups is 3. The van der Waals surface area contributed by atoms with E-state index in [-0.39, 0.29) is 37.8 Å². The zero-order valence-electron chi connectivity index (χ0n) is 20.1. The molecule has 3 N–H and O–H groups in total. The van der Waals surface area contributed by atoms with Crippen molar-refractivity contribution in [2.75, 3.05) is 19.7 Å². The summed E-state index contributed by atoms with van der Waals surface area (Å²) in [6.45, 7) is 1.90. The number of aliphatic hydroxyl groups is 2. The molecule has 8 nitrogen and oxygen atoms in total. The van der Waals surface area contributed by atoms with Gasteiger partial charge in [0.05, 0.1) is 16.2 Å². The normalized spacial score (nSPS) is 22.7. The maximum absolute atomic E-state index is 13.2. The highest BCUT2D eigenvalue weighted by atomic mass is 127. The average Bonchev–Trinajstić information content (AvgIpc) is 2.88. The lowest BCUT2D eigenvalue weighted by atomic mass is 9.85. The Balaban J connectivity index is 1.94. The van der Waals surface area contributed by atoms with Crippen LogP contribution in [0.25, 0.3) is 0 Å². The molecule has 3 rings (SSSR count). The third-order valence-electron chi connectivity index (χ3n) is 6.71. The molecule has 0 aliphatic heterocycles. The quantitative estimate of drug-likeness (QED) is 0.282. The Morgan fingerprint density at radius 2 is 1.89 bits per heavy atom. The number of ketones is 1. The van der Waals surface area contributed by atoms with Gasteiger partial charge in [-0.15, -0.1) is 0 Å². The number of Topliss-reactive ketones (excluding diaryl/α,β-unsaturated/α-hetero) is 1. The molecule has 9 heteroatoms. The van der Waals surface area contributed by atoms with E-state index in [9.17, 15) is 19.5 Å². The number of aliphatic hydroxyl groups excluding tert-OH is 2. The standard InChI is InChI=1S/C26H35IN2O6/c1-2-21(31)26(34)29(16-17-8-4-3-5-9-17)20-14-18(25(33)28-12-13-30)15-23(24(20)32)35-22-11-7-6-10-19(22)27/h6-7,10-11,15,17,20,23-24,30,32H,2-5,8-9,12-14,16H2,1H3,(H,28,33). The fraction of sp³-hybridized carbons (Fsp3) is 0.577. The highest BCUT2D eigenvalue weighted by molar-refractivity contribution is 14.1. The van der Waals surface area contributed by atoms with Crippen LogP contribution < -0.4 is 10.1 Å². The molecule has 1 aromatic carbocycles. The highest BCUT2D eigenvalue weighted by Gasteiger charge is 2.42. The molecule has 1 saturated carbocycles. The van der Waals surface area contributed by atoms with Crippen LogP contribution in [0.4, 0.5) is 0 Å².